The summed E-state index contributed by atoms with van der Waals surface area (Å²) in [6.07, 6.45) is 7.22. The molecule has 0 aromatic carbocycles. The van der Waals surface area contributed by atoms with Crippen LogP contribution in [0.25, 0.3) is 11.3 Å². The summed E-state index contributed by atoms with van der Waals surface area (Å²) < 4.78 is 5.52. The van der Waals surface area contributed by atoms with Gasteiger partial charge in [0.25, 0.3) is 0 Å². The van der Waals surface area contributed by atoms with Crippen molar-refractivity contribution in [3.63, 3.8) is 0 Å². The monoisotopic (exact) mass is 302 g/mol. The van der Waals surface area contributed by atoms with Gasteiger partial charge in [-0.3, -0.25) is 10.1 Å². The highest BCUT2D eigenvalue weighted by Crippen LogP contribution is 2.31. The third kappa shape index (κ3) is 3.35. The van der Waals surface area contributed by atoms with Crippen molar-refractivity contribution < 1.29 is 9.84 Å². The lowest BCUT2D eigenvalue weighted by Gasteiger charge is -2.26. The van der Waals surface area contributed by atoms with Crippen molar-refractivity contribution in [2.45, 2.75) is 19.4 Å². The Hall–Kier alpha value is -1.76. The Balaban J connectivity index is 1.62. The van der Waals surface area contributed by atoms with E-state index in [1.54, 1.807) is 6.20 Å². The minimum absolute atomic E-state index is 0.0625. The molecular formula is C16H22N4O2. The summed E-state index contributed by atoms with van der Waals surface area (Å²) in [6, 6.07) is 3.93. The third-order valence-electron chi connectivity index (χ3n) is 4.31. The Morgan fingerprint density at radius 1 is 1.41 bits per heavy atom. The molecule has 0 aliphatic carbocycles. The summed E-state index contributed by atoms with van der Waals surface area (Å²) in [4.78, 5) is 4.15. The van der Waals surface area contributed by atoms with E-state index in [0.29, 0.717) is 0 Å². The predicted molar refractivity (Wildman–Crippen MR) is 83.1 cm³/mol. The molecule has 0 spiro atoms. The zero-order chi connectivity index (χ0) is 15.3. The highest BCUT2D eigenvalue weighted by molar-refractivity contribution is 5.61. The lowest BCUT2D eigenvalue weighted by atomic mass is 9.84. The Bertz CT molecular complexity index is 579. The van der Waals surface area contributed by atoms with E-state index in [9.17, 15) is 5.11 Å². The van der Waals surface area contributed by atoms with Crippen molar-refractivity contribution in [1.29, 1.82) is 0 Å². The number of rotatable bonds is 7. The second-order valence-electron chi connectivity index (χ2n) is 5.89. The molecule has 0 amide bonds. The standard InChI is InChI=1S/C16H22N4O2/c21-6-3-16(4-7-22-12-16)11-18-9-14-10-19-20-15(14)13-2-1-5-17-8-13/h1-2,5,8,10,18,21H,3-4,6-7,9,11-12H2,(H,19,20). The van der Waals surface area contributed by atoms with Crippen LogP contribution in [0, 0.1) is 5.41 Å². The minimum Gasteiger partial charge on any atom is -0.396 e. The quantitative estimate of drug-likeness (QED) is 0.719. The maximum atomic E-state index is 9.26. The number of pyridine rings is 1. The van der Waals surface area contributed by atoms with Gasteiger partial charge in [-0.15, -0.1) is 0 Å². The van der Waals surface area contributed by atoms with Crippen LogP contribution in [0.5, 0.6) is 0 Å². The van der Waals surface area contributed by atoms with Crippen LogP contribution in [0.4, 0.5) is 0 Å². The van der Waals surface area contributed by atoms with Gasteiger partial charge in [0.1, 0.15) is 0 Å². The molecule has 0 bridgehead atoms. The van der Waals surface area contributed by atoms with Crippen LogP contribution in [0.2, 0.25) is 0 Å². The van der Waals surface area contributed by atoms with E-state index in [1.165, 1.54) is 0 Å². The van der Waals surface area contributed by atoms with Gasteiger partial charge in [0.15, 0.2) is 0 Å². The molecule has 3 N–H and O–H groups in total. The van der Waals surface area contributed by atoms with Gasteiger partial charge in [-0.2, -0.15) is 5.10 Å². The number of nitrogens with zero attached hydrogens (tertiary/aromatic N) is 2. The predicted octanol–water partition coefficient (Wildman–Crippen LogP) is 1.35. The molecule has 1 saturated heterocycles. The number of aromatic amines is 1. The molecule has 118 valence electrons. The fourth-order valence-corrected chi connectivity index (χ4v) is 2.98. The molecule has 3 heterocycles. The van der Waals surface area contributed by atoms with E-state index >= 15 is 0 Å². The van der Waals surface area contributed by atoms with Crippen LogP contribution in [0.15, 0.2) is 30.7 Å². The Morgan fingerprint density at radius 3 is 3.09 bits per heavy atom. The second kappa shape index (κ2) is 7.00. The summed E-state index contributed by atoms with van der Waals surface area (Å²) in [5.74, 6) is 0. The van der Waals surface area contributed by atoms with Gasteiger partial charge < -0.3 is 15.2 Å². The summed E-state index contributed by atoms with van der Waals surface area (Å²) in [6.45, 7) is 3.28. The molecule has 1 aliphatic heterocycles. The third-order valence-corrected chi connectivity index (χ3v) is 4.31. The molecule has 6 nitrogen and oxygen atoms in total. The van der Waals surface area contributed by atoms with Crippen LogP contribution in [0.3, 0.4) is 0 Å². The Morgan fingerprint density at radius 2 is 2.36 bits per heavy atom. The molecule has 6 heteroatoms. The van der Waals surface area contributed by atoms with E-state index in [-0.39, 0.29) is 12.0 Å². The smallest absolute Gasteiger partial charge is 0.0710 e. The van der Waals surface area contributed by atoms with E-state index in [0.717, 1.165) is 56.0 Å². The van der Waals surface area contributed by atoms with Gasteiger partial charge >= 0.3 is 0 Å². The number of aromatic nitrogens is 3. The van der Waals surface area contributed by atoms with E-state index in [2.05, 4.69) is 20.5 Å². The molecule has 22 heavy (non-hydrogen) atoms. The highest BCUT2D eigenvalue weighted by Gasteiger charge is 2.33. The normalized spacial score (nSPS) is 21.3. The molecule has 0 saturated carbocycles. The first-order chi connectivity index (χ1) is 10.8. The first-order valence-corrected chi connectivity index (χ1v) is 7.65. The Kier molecular flexibility index (Phi) is 4.82. The van der Waals surface area contributed by atoms with E-state index in [1.807, 2.05) is 24.5 Å². The fraction of sp³-hybridized carbons (Fsp3) is 0.500. The first-order valence-electron chi connectivity index (χ1n) is 7.65. The van der Waals surface area contributed by atoms with Crippen molar-refractivity contribution in [1.82, 2.24) is 20.5 Å². The molecular weight excluding hydrogens is 280 g/mol. The average molecular weight is 302 g/mol. The summed E-state index contributed by atoms with van der Waals surface area (Å²) in [5, 5.41) is 19.9. The fourth-order valence-electron chi connectivity index (χ4n) is 2.98. The lowest BCUT2D eigenvalue weighted by Crippen LogP contribution is -2.35. The lowest BCUT2D eigenvalue weighted by molar-refractivity contribution is 0.124. The SMILES string of the molecule is OCCC1(CNCc2cn[nH]c2-c2cccnc2)CCOC1. The molecule has 1 unspecified atom stereocenters. The molecule has 1 atom stereocenters. The number of ether oxygens (including phenoxy) is 1. The zero-order valence-electron chi connectivity index (χ0n) is 12.6. The molecule has 0 radical (unpaired) electrons. The summed E-state index contributed by atoms with van der Waals surface area (Å²) in [7, 11) is 0. The second-order valence-corrected chi connectivity index (χ2v) is 5.89. The molecule has 2 aromatic heterocycles. The van der Waals surface area contributed by atoms with E-state index in [4.69, 9.17) is 4.74 Å². The minimum atomic E-state index is 0.0625. The van der Waals surface area contributed by atoms with Gasteiger partial charge in [0.2, 0.25) is 0 Å². The number of hydrogen-bond donors (Lipinski definition) is 3. The highest BCUT2D eigenvalue weighted by atomic mass is 16.5. The number of H-pyrrole nitrogens is 1. The molecule has 1 aliphatic rings. The van der Waals surface area contributed by atoms with Gasteiger partial charge in [-0.25, -0.2) is 0 Å². The van der Waals surface area contributed by atoms with Crippen molar-refractivity contribution in [3.8, 4) is 11.3 Å². The van der Waals surface area contributed by atoms with Crippen molar-refractivity contribution in [3.05, 3.63) is 36.3 Å². The van der Waals surface area contributed by atoms with Crippen LogP contribution >= 0.6 is 0 Å². The van der Waals surface area contributed by atoms with Crippen molar-refractivity contribution >= 4 is 0 Å². The number of aliphatic hydroxyl groups is 1. The first kappa shape index (κ1) is 15.1. The largest absolute Gasteiger partial charge is 0.396 e. The number of aliphatic hydroxyl groups excluding tert-OH is 1. The van der Waals surface area contributed by atoms with Gasteiger partial charge in [-0.05, 0) is 25.0 Å². The van der Waals surface area contributed by atoms with Crippen LogP contribution in [-0.2, 0) is 11.3 Å². The van der Waals surface area contributed by atoms with Gasteiger partial charge in [-0.1, -0.05) is 0 Å². The van der Waals surface area contributed by atoms with Crippen LogP contribution < -0.4 is 5.32 Å². The maximum absolute atomic E-state index is 9.26. The molecule has 1 fully saturated rings. The average Bonchev–Trinajstić information content (AvgIpc) is 3.19. The van der Waals surface area contributed by atoms with Crippen molar-refractivity contribution in [2.75, 3.05) is 26.4 Å². The van der Waals surface area contributed by atoms with Gasteiger partial charge in [0.05, 0.1) is 18.5 Å². The molecule has 3 rings (SSSR count). The summed E-state index contributed by atoms with van der Waals surface area (Å²) in [5.41, 5.74) is 3.21. The summed E-state index contributed by atoms with van der Waals surface area (Å²) >= 11 is 0. The maximum Gasteiger partial charge on any atom is 0.0710 e. The van der Waals surface area contributed by atoms with Gasteiger partial charge in [0, 0.05) is 55.2 Å². The number of hydrogen-bond acceptors (Lipinski definition) is 5. The van der Waals surface area contributed by atoms with Crippen molar-refractivity contribution in [2.24, 2.45) is 5.41 Å². The zero-order valence-corrected chi connectivity index (χ0v) is 12.6. The topological polar surface area (TPSA) is 83.1 Å². The molecule has 2 aromatic rings. The number of nitrogens with one attached hydrogen (secondary N) is 2. The van der Waals surface area contributed by atoms with E-state index < -0.39 is 0 Å². The Labute approximate surface area is 129 Å². The van der Waals surface area contributed by atoms with Crippen LogP contribution in [-0.4, -0.2) is 46.7 Å². The van der Waals surface area contributed by atoms with Crippen LogP contribution in [0.1, 0.15) is 18.4 Å².